The molecule has 0 radical (unpaired) electrons. The van der Waals surface area contributed by atoms with E-state index in [9.17, 15) is 5.11 Å². The number of hydrogen-bond acceptors (Lipinski definition) is 3. The van der Waals surface area contributed by atoms with Crippen LogP contribution in [0.15, 0.2) is 18.2 Å². The fourth-order valence-corrected chi connectivity index (χ4v) is 14.9. The monoisotopic (exact) mass is 413 g/mol. The van der Waals surface area contributed by atoms with Gasteiger partial charge in [0.1, 0.15) is 17.3 Å². The van der Waals surface area contributed by atoms with Crippen LogP contribution in [0.5, 0.6) is 11.5 Å². The van der Waals surface area contributed by atoms with Crippen LogP contribution in [0.2, 0.25) is 13.1 Å². The second-order valence-corrected chi connectivity index (χ2v) is 21.2. The first-order valence-electron chi connectivity index (χ1n) is 9.81. The molecule has 0 aromatic heterocycles. The number of hydrogen-bond donors (Lipinski definition) is 1. The van der Waals surface area contributed by atoms with Gasteiger partial charge < -0.3 is 14.3 Å². The van der Waals surface area contributed by atoms with Crippen molar-refractivity contribution in [2.75, 3.05) is 13.3 Å². The van der Waals surface area contributed by atoms with Gasteiger partial charge in [0.15, 0.2) is 5.75 Å². The Kier molecular flexibility index (Phi) is 6.96. The number of rotatable bonds is 5. The normalized spacial score (nSPS) is 14.4. The number of aromatic hydroxyl groups is 1. The largest absolute Gasteiger partial charge is 0.508 e. The van der Waals surface area contributed by atoms with Gasteiger partial charge in [-0.1, -0.05) is 0 Å². The molecule has 0 aliphatic carbocycles. The van der Waals surface area contributed by atoms with E-state index in [1.165, 1.54) is 5.30 Å². The molecule has 0 saturated heterocycles. The number of ether oxygens (including phenoxy) is 1. The first kappa shape index (κ1) is 24.5. The zero-order chi connectivity index (χ0) is 21.5. The summed E-state index contributed by atoms with van der Waals surface area (Å²) < 4.78 is 12.1. The van der Waals surface area contributed by atoms with Crippen molar-refractivity contribution < 1.29 is 14.3 Å². The van der Waals surface area contributed by atoms with E-state index >= 15 is 0 Å². The highest BCUT2D eigenvalue weighted by atomic mass is 31.2. The van der Waals surface area contributed by atoms with Crippen LogP contribution in [0.4, 0.5) is 0 Å². The summed E-state index contributed by atoms with van der Waals surface area (Å²) in [5.41, 5.74) is 0. The summed E-state index contributed by atoms with van der Waals surface area (Å²) in [5, 5.41) is 11.7. The molecule has 5 heteroatoms. The van der Waals surface area contributed by atoms with Crippen LogP contribution in [-0.4, -0.2) is 42.2 Å². The quantitative estimate of drug-likeness (QED) is 0.461. The van der Waals surface area contributed by atoms with Crippen molar-refractivity contribution in [3.8, 4) is 11.5 Å². The molecule has 1 aromatic carbocycles. The minimum atomic E-state index is -1.87. The predicted octanol–water partition coefficient (Wildman–Crippen LogP) is 6.20. The van der Waals surface area contributed by atoms with Gasteiger partial charge in [-0.05, 0) is 87.5 Å². The van der Waals surface area contributed by atoms with Crippen LogP contribution >= 0.6 is 7.26 Å². The fourth-order valence-electron chi connectivity index (χ4n) is 5.30. The molecule has 0 unspecified atom stereocenters. The van der Waals surface area contributed by atoms with Crippen molar-refractivity contribution in [2.24, 2.45) is 0 Å². The Morgan fingerprint density at radius 1 is 0.889 bits per heavy atom. The molecule has 0 aliphatic rings. The van der Waals surface area contributed by atoms with Crippen LogP contribution in [0, 0.1) is 0 Å². The van der Waals surface area contributed by atoms with Gasteiger partial charge in [0.25, 0.3) is 0 Å². The first-order valence-corrected chi connectivity index (χ1v) is 14.7. The molecule has 3 nitrogen and oxygen atoms in total. The Balaban J connectivity index is 3.81. The van der Waals surface area contributed by atoms with Gasteiger partial charge in [-0.2, -0.15) is 0 Å². The number of benzene rings is 1. The van der Waals surface area contributed by atoms with Crippen molar-refractivity contribution in [1.29, 1.82) is 0 Å². The zero-order valence-corrected chi connectivity index (χ0v) is 21.5. The third-order valence-electron chi connectivity index (χ3n) is 5.45. The van der Waals surface area contributed by atoms with E-state index < -0.39 is 15.6 Å². The summed E-state index contributed by atoms with van der Waals surface area (Å²) in [6.45, 7) is 25.4. The maximum Gasteiger partial charge on any atom is 0.224 e. The van der Waals surface area contributed by atoms with Crippen molar-refractivity contribution >= 4 is 20.9 Å². The molecule has 1 N–H and O–H groups in total. The molecule has 27 heavy (non-hydrogen) atoms. The van der Waals surface area contributed by atoms with Gasteiger partial charge in [-0.25, -0.2) is 0 Å². The summed E-state index contributed by atoms with van der Waals surface area (Å²) in [4.78, 5) is 0. The molecule has 0 heterocycles. The smallest absolute Gasteiger partial charge is 0.224 e. The zero-order valence-electron chi connectivity index (χ0n) is 19.7. The van der Waals surface area contributed by atoms with Gasteiger partial charge in [0.05, 0.1) is 22.7 Å². The molecule has 0 spiro atoms. The van der Waals surface area contributed by atoms with Gasteiger partial charge >= 0.3 is 0 Å². The lowest BCUT2D eigenvalue weighted by atomic mass is 10.2. The molecule has 0 aliphatic heterocycles. The molecule has 1 aromatic rings. The van der Waals surface area contributed by atoms with Gasteiger partial charge in [-0.15, -0.1) is 0 Å². The fraction of sp³-hybridized carbons (Fsp3) is 0.727. The van der Waals surface area contributed by atoms with Gasteiger partial charge in [0.2, 0.25) is 8.32 Å². The topological polar surface area (TPSA) is 38.7 Å². The van der Waals surface area contributed by atoms with Gasteiger partial charge in [0, 0.05) is 13.2 Å². The second-order valence-electron chi connectivity index (χ2n) is 11.1. The highest BCUT2D eigenvalue weighted by Crippen LogP contribution is 2.83. The molecular weight excluding hydrogens is 371 g/mol. The van der Waals surface area contributed by atoms with Crippen LogP contribution in [-0.2, 0) is 4.43 Å². The SMILES string of the molecule is CO[Si](C)(C)COc1ccc(O)cc1[P+](C(C)(C)C)(C(C)(C)C)C(C)(C)C. The Labute approximate surface area is 169 Å². The van der Waals surface area contributed by atoms with Crippen molar-refractivity contribution in [3.05, 3.63) is 18.2 Å². The summed E-state index contributed by atoms with van der Waals surface area (Å²) in [7, 11) is -1.96. The Morgan fingerprint density at radius 2 is 1.33 bits per heavy atom. The maximum absolute atomic E-state index is 10.4. The highest BCUT2D eigenvalue weighted by Gasteiger charge is 2.67. The number of phenolic OH excluding ortho intramolecular Hbond substituents is 1. The van der Waals surface area contributed by atoms with Crippen LogP contribution in [0.25, 0.3) is 0 Å². The lowest BCUT2D eigenvalue weighted by molar-refractivity contribution is 0.321. The molecule has 156 valence electrons. The molecule has 0 amide bonds. The first-order chi connectivity index (χ1) is 11.9. The molecule has 0 saturated carbocycles. The van der Waals surface area contributed by atoms with Crippen molar-refractivity contribution in [1.82, 2.24) is 0 Å². The standard InChI is InChI=1S/C22H41O3PSi/c1-20(2,3)26(21(4,5)6,22(7,8)9)19-15-17(23)13-14-18(19)25-16-27(11,12)24-10/h13-15H,16H2,1-12H3/p+1. The Morgan fingerprint density at radius 3 is 1.70 bits per heavy atom. The average Bonchev–Trinajstić information content (AvgIpc) is 2.42. The van der Waals surface area contributed by atoms with E-state index in [1.54, 1.807) is 13.2 Å². The summed E-state index contributed by atoms with van der Waals surface area (Å²) in [6, 6.07) is 5.65. The minimum Gasteiger partial charge on any atom is -0.508 e. The summed E-state index contributed by atoms with van der Waals surface area (Å²) >= 11 is 0. The van der Waals surface area contributed by atoms with Crippen LogP contribution in [0.1, 0.15) is 62.3 Å². The lowest BCUT2D eigenvalue weighted by Crippen LogP contribution is -2.49. The lowest BCUT2D eigenvalue weighted by Gasteiger charge is -2.54. The van der Waals surface area contributed by atoms with Crippen molar-refractivity contribution in [2.45, 2.75) is 90.9 Å². The highest BCUT2D eigenvalue weighted by molar-refractivity contribution is 7.87. The predicted molar refractivity (Wildman–Crippen MR) is 124 cm³/mol. The molecule has 0 atom stereocenters. The van der Waals surface area contributed by atoms with E-state index in [2.05, 4.69) is 75.4 Å². The molecular formula is C22H42O3PSi+. The van der Waals surface area contributed by atoms with E-state index in [1.807, 2.05) is 12.1 Å². The maximum atomic E-state index is 10.4. The van der Waals surface area contributed by atoms with Crippen molar-refractivity contribution in [3.63, 3.8) is 0 Å². The second kappa shape index (κ2) is 7.69. The minimum absolute atomic E-state index is 0.0452. The third-order valence-corrected chi connectivity index (χ3v) is 14.5. The Bertz CT molecular complexity index is 613. The van der Waals surface area contributed by atoms with Crippen LogP contribution in [0.3, 0.4) is 0 Å². The average molecular weight is 414 g/mol. The van der Waals surface area contributed by atoms with E-state index in [0.29, 0.717) is 12.0 Å². The molecule has 1 rings (SSSR count). The number of phenols is 1. The Hall–Kier alpha value is -0.573. The van der Waals surface area contributed by atoms with E-state index in [-0.39, 0.29) is 15.5 Å². The third kappa shape index (κ3) is 4.71. The van der Waals surface area contributed by atoms with E-state index in [4.69, 9.17) is 9.16 Å². The molecule has 0 bridgehead atoms. The van der Waals surface area contributed by atoms with Gasteiger partial charge in [-0.3, -0.25) is 0 Å². The summed E-state index contributed by atoms with van der Waals surface area (Å²) in [5.74, 6) is 1.21. The molecule has 0 fully saturated rings. The summed E-state index contributed by atoms with van der Waals surface area (Å²) in [6.07, 6.45) is 0.597. The van der Waals surface area contributed by atoms with Crippen LogP contribution < -0.4 is 10.0 Å². The van der Waals surface area contributed by atoms with E-state index in [0.717, 1.165) is 5.75 Å².